The van der Waals surface area contributed by atoms with E-state index >= 15 is 0 Å². The van der Waals surface area contributed by atoms with Crippen LogP contribution in [-0.4, -0.2) is 55.0 Å². The average Bonchev–Trinajstić information content (AvgIpc) is 2.57. The molecule has 12 heteroatoms. The topological polar surface area (TPSA) is 193 Å². The number of amides is 2. The predicted octanol–water partition coefficient (Wildman–Crippen LogP) is -1.11. The van der Waals surface area contributed by atoms with E-state index in [-0.39, 0.29) is 29.8 Å². The first-order valence-corrected chi connectivity index (χ1v) is 9.20. The highest BCUT2D eigenvalue weighted by Gasteiger charge is 2.22. The van der Waals surface area contributed by atoms with Crippen LogP contribution in [0.3, 0.4) is 0 Å². The second kappa shape index (κ2) is 9.64. The maximum Gasteiger partial charge on any atom is 0.305 e. The molecule has 0 bridgehead atoms. The number of nitrogens with two attached hydrogens (primary N) is 1. The first-order chi connectivity index (χ1) is 12.5. The second-order valence-electron chi connectivity index (χ2n) is 5.46. The number of carbonyl (C=O) groups excluding carboxylic acids is 2. The van der Waals surface area contributed by atoms with E-state index in [0.717, 1.165) is 12.1 Å². The average molecular weight is 401 g/mol. The Hall–Kier alpha value is -2.99. The summed E-state index contributed by atoms with van der Waals surface area (Å²) in [5.74, 6) is -3.77. The van der Waals surface area contributed by atoms with E-state index in [1.807, 2.05) is 0 Å². The van der Waals surface area contributed by atoms with Gasteiger partial charge in [-0.3, -0.25) is 19.2 Å². The lowest BCUT2D eigenvalue weighted by molar-refractivity contribution is -0.138. The second-order valence-corrected chi connectivity index (χ2v) is 7.02. The van der Waals surface area contributed by atoms with Crippen LogP contribution in [0.25, 0.3) is 0 Å². The molecule has 27 heavy (non-hydrogen) atoms. The molecule has 1 aromatic rings. The van der Waals surface area contributed by atoms with Crippen molar-refractivity contribution in [2.75, 3.05) is 6.54 Å². The molecule has 0 aliphatic carbocycles. The Morgan fingerprint density at radius 3 is 2.04 bits per heavy atom. The van der Waals surface area contributed by atoms with Crippen molar-refractivity contribution in [2.45, 2.75) is 30.2 Å². The van der Waals surface area contributed by atoms with Gasteiger partial charge in [-0.25, -0.2) is 13.6 Å². The molecule has 2 amide bonds. The molecule has 0 spiro atoms. The fourth-order valence-electron chi connectivity index (χ4n) is 1.99. The van der Waals surface area contributed by atoms with Gasteiger partial charge in [0.15, 0.2) is 0 Å². The van der Waals surface area contributed by atoms with Crippen molar-refractivity contribution in [1.82, 2.24) is 10.6 Å². The third-order valence-electron chi connectivity index (χ3n) is 3.35. The molecule has 1 rings (SSSR count). The normalized spacial score (nSPS) is 12.0. The summed E-state index contributed by atoms with van der Waals surface area (Å²) < 4.78 is 22.4. The van der Waals surface area contributed by atoms with Gasteiger partial charge in [0.2, 0.25) is 15.9 Å². The van der Waals surface area contributed by atoms with Crippen molar-refractivity contribution in [3.63, 3.8) is 0 Å². The molecular formula is C15H19N3O8S. The lowest BCUT2D eigenvalue weighted by Crippen LogP contribution is -2.47. The van der Waals surface area contributed by atoms with Gasteiger partial charge >= 0.3 is 11.9 Å². The van der Waals surface area contributed by atoms with Crippen LogP contribution in [0.5, 0.6) is 0 Å². The van der Waals surface area contributed by atoms with E-state index in [1.165, 1.54) is 12.1 Å². The van der Waals surface area contributed by atoms with E-state index in [4.69, 9.17) is 15.4 Å². The lowest BCUT2D eigenvalue weighted by Gasteiger charge is -2.17. The smallest absolute Gasteiger partial charge is 0.305 e. The number of primary sulfonamides is 1. The van der Waals surface area contributed by atoms with Crippen LogP contribution in [0, 0.1) is 0 Å². The van der Waals surface area contributed by atoms with Gasteiger partial charge in [0, 0.05) is 18.5 Å². The van der Waals surface area contributed by atoms with Crippen LogP contribution in [0.4, 0.5) is 0 Å². The van der Waals surface area contributed by atoms with E-state index in [2.05, 4.69) is 10.6 Å². The fourth-order valence-corrected chi connectivity index (χ4v) is 2.51. The van der Waals surface area contributed by atoms with Crippen LogP contribution in [0.1, 0.15) is 29.6 Å². The zero-order valence-corrected chi connectivity index (χ0v) is 14.9. The molecule has 0 aliphatic rings. The Kier molecular flexibility index (Phi) is 7.87. The lowest BCUT2D eigenvalue weighted by atomic mass is 10.1. The van der Waals surface area contributed by atoms with Crippen LogP contribution in [0.2, 0.25) is 0 Å². The van der Waals surface area contributed by atoms with Crippen LogP contribution in [-0.2, 0) is 24.4 Å². The molecule has 6 N–H and O–H groups in total. The van der Waals surface area contributed by atoms with Gasteiger partial charge in [-0.15, -0.1) is 0 Å². The molecule has 1 atom stereocenters. The number of sulfonamides is 1. The minimum absolute atomic E-state index is 0.0288. The number of carboxylic acids is 2. The molecule has 0 saturated carbocycles. The predicted molar refractivity (Wildman–Crippen MR) is 91.2 cm³/mol. The van der Waals surface area contributed by atoms with Gasteiger partial charge in [-0.05, 0) is 30.7 Å². The van der Waals surface area contributed by atoms with Gasteiger partial charge in [-0.2, -0.15) is 0 Å². The monoisotopic (exact) mass is 401 g/mol. The summed E-state index contributed by atoms with van der Waals surface area (Å²) >= 11 is 0. The number of nitrogens with one attached hydrogen (secondary N) is 2. The van der Waals surface area contributed by atoms with Gasteiger partial charge in [0.1, 0.15) is 6.04 Å². The number of hydrogen-bond donors (Lipinski definition) is 5. The van der Waals surface area contributed by atoms with Crippen molar-refractivity contribution < 1.29 is 37.8 Å². The summed E-state index contributed by atoms with van der Waals surface area (Å²) in [6, 6.07) is 3.39. The van der Waals surface area contributed by atoms with Crippen molar-refractivity contribution in [1.29, 1.82) is 0 Å². The molecule has 0 aromatic heterocycles. The standard InChI is InChI=1S/C15H19N3O8S/c16-27(25,26)10-3-1-9(2-4-10)14(23)18-11(5-6-12(19)20)15(24)17-8-7-13(21)22/h1-4,11H,5-8H2,(H,17,24)(H,18,23)(H,19,20)(H,21,22)(H2,16,25,26)/t11-/m0/s1. The molecule has 0 unspecified atom stereocenters. The third kappa shape index (κ3) is 7.83. The Morgan fingerprint density at radius 1 is 1.00 bits per heavy atom. The number of carbonyl (C=O) groups is 4. The SMILES string of the molecule is NS(=O)(=O)c1ccc(C(=O)N[C@@H](CCC(=O)O)C(=O)NCCC(=O)O)cc1. The number of carboxylic acid groups (broad SMARTS) is 2. The van der Waals surface area contributed by atoms with E-state index in [9.17, 15) is 27.6 Å². The summed E-state index contributed by atoms with van der Waals surface area (Å²) in [6.45, 7) is -0.184. The Balaban J connectivity index is 2.83. The number of aliphatic carboxylic acids is 2. The molecule has 1 aromatic carbocycles. The summed E-state index contributed by atoms with van der Waals surface area (Å²) in [7, 11) is -3.93. The Bertz CT molecular complexity index is 820. The van der Waals surface area contributed by atoms with Gasteiger partial charge in [0.05, 0.1) is 11.3 Å². The number of benzene rings is 1. The van der Waals surface area contributed by atoms with Crippen molar-refractivity contribution in [3.05, 3.63) is 29.8 Å². The van der Waals surface area contributed by atoms with E-state index in [1.54, 1.807) is 0 Å². The highest BCUT2D eigenvalue weighted by Crippen LogP contribution is 2.09. The summed E-state index contributed by atoms with van der Waals surface area (Å²) in [6.07, 6.45) is -0.947. The Morgan fingerprint density at radius 2 is 1.56 bits per heavy atom. The molecule has 0 heterocycles. The van der Waals surface area contributed by atoms with Crippen molar-refractivity contribution in [2.24, 2.45) is 5.14 Å². The van der Waals surface area contributed by atoms with Crippen LogP contribution >= 0.6 is 0 Å². The number of rotatable bonds is 10. The van der Waals surface area contributed by atoms with Gasteiger partial charge < -0.3 is 20.8 Å². The molecule has 0 fully saturated rings. The molecular weight excluding hydrogens is 382 g/mol. The van der Waals surface area contributed by atoms with Gasteiger partial charge in [-0.1, -0.05) is 0 Å². The van der Waals surface area contributed by atoms with Crippen molar-refractivity contribution >= 4 is 33.8 Å². The third-order valence-corrected chi connectivity index (χ3v) is 4.28. The first kappa shape index (κ1) is 22.1. The molecule has 0 aliphatic heterocycles. The summed E-state index contributed by atoms with van der Waals surface area (Å²) in [4.78, 5) is 45.3. The quantitative estimate of drug-likeness (QED) is 0.325. The molecule has 0 saturated heterocycles. The summed E-state index contributed by atoms with van der Waals surface area (Å²) in [5, 5.41) is 26.9. The highest BCUT2D eigenvalue weighted by atomic mass is 32.2. The van der Waals surface area contributed by atoms with Gasteiger partial charge in [0.25, 0.3) is 5.91 Å². The largest absolute Gasteiger partial charge is 0.481 e. The highest BCUT2D eigenvalue weighted by molar-refractivity contribution is 7.89. The maximum atomic E-state index is 12.2. The molecule has 148 valence electrons. The molecule has 11 nitrogen and oxygen atoms in total. The summed E-state index contributed by atoms with van der Waals surface area (Å²) in [5.41, 5.74) is 0.0288. The van der Waals surface area contributed by atoms with Crippen molar-refractivity contribution in [3.8, 4) is 0 Å². The fraction of sp³-hybridized carbons (Fsp3) is 0.333. The number of hydrogen-bond acceptors (Lipinski definition) is 6. The van der Waals surface area contributed by atoms with E-state index in [0.29, 0.717) is 0 Å². The minimum Gasteiger partial charge on any atom is -0.481 e. The van der Waals surface area contributed by atoms with E-state index < -0.39 is 46.2 Å². The van der Waals surface area contributed by atoms with Crippen LogP contribution < -0.4 is 15.8 Å². The maximum absolute atomic E-state index is 12.2. The zero-order chi connectivity index (χ0) is 20.6. The zero-order valence-electron chi connectivity index (χ0n) is 14.0. The Labute approximate surface area is 154 Å². The first-order valence-electron chi connectivity index (χ1n) is 7.65. The van der Waals surface area contributed by atoms with Crippen LogP contribution in [0.15, 0.2) is 29.2 Å². The minimum atomic E-state index is -3.93. The molecule has 0 radical (unpaired) electrons.